The zero-order valence-electron chi connectivity index (χ0n) is 7.08. The minimum Gasteiger partial charge on any atom is -0.202 e. The molecule has 16 heavy (non-hydrogen) atoms. The summed E-state index contributed by atoms with van der Waals surface area (Å²) in [5.74, 6) is -6.87. The summed E-state index contributed by atoms with van der Waals surface area (Å²) < 4.78 is 76.5. The molecule has 0 aromatic carbocycles. The summed E-state index contributed by atoms with van der Waals surface area (Å²) in [4.78, 5) is -1.58. The first-order valence-corrected chi connectivity index (χ1v) is 5.33. The van der Waals surface area contributed by atoms with E-state index in [2.05, 4.69) is 0 Å². The van der Waals surface area contributed by atoms with Gasteiger partial charge < -0.3 is 0 Å². The van der Waals surface area contributed by atoms with Crippen LogP contribution < -0.4 is 0 Å². The first-order valence-electron chi connectivity index (χ1n) is 3.70. The Bertz CT molecular complexity index is 505. The molecule has 2 aromatic heterocycles. The molecule has 0 saturated carbocycles. The van der Waals surface area contributed by atoms with E-state index in [9.17, 15) is 26.3 Å². The molecule has 0 spiro atoms. The van der Waals surface area contributed by atoms with E-state index in [4.69, 9.17) is 0 Å². The monoisotopic (exact) mass is 274 g/mol. The minimum absolute atomic E-state index is 0.0493. The van der Waals surface area contributed by atoms with Gasteiger partial charge in [-0.1, -0.05) is 22.7 Å². The SMILES string of the molecule is Fc1sc(-c2sc(F)c(F)c2F)c(F)c1F. The molecule has 0 radical (unpaired) electrons. The molecule has 0 N–H and O–H groups in total. The second-order valence-electron chi connectivity index (χ2n) is 2.67. The lowest BCUT2D eigenvalue weighted by Gasteiger charge is -1.91. The number of halogens is 6. The van der Waals surface area contributed by atoms with Gasteiger partial charge in [0.25, 0.3) is 0 Å². The van der Waals surface area contributed by atoms with Crippen molar-refractivity contribution in [2.75, 3.05) is 0 Å². The normalized spacial score (nSPS) is 11.1. The van der Waals surface area contributed by atoms with Crippen molar-refractivity contribution in [1.82, 2.24) is 0 Å². The average molecular weight is 274 g/mol. The van der Waals surface area contributed by atoms with Gasteiger partial charge >= 0.3 is 0 Å². The molecular formula is C8F6S2. The minimum atomic E-state index is -1.78. The maximum Gasteiger partial charge on any atom is 0.216 e. The highest BCUT2D eigenvalue weighted by atomic mass is 32.1. The Kier molecular flexibility index (Phi) is 2.70. The van der Waals surface area contributed by atoms with Crippen LogP contribution in [0.5, 0.6) is 0 Å². The third-order valence-electron chi connectivity index (χ3n) is 1.72. The largest absolute Gasteiger partial charge is 0.216 e. The summed E-state index contributed by atoms with van der Waals surface area (Å²) in [6.07, 6.45) is 0. The predicted octanol–water partition coefficient (Wildman–Crippen LogP) is 4.31. The zero-order valence-corrected chi connectivity index (χ0v) is 8.72. The quantitative estimate of drug-likeness (QED) is 0.680. The summed E-state index contributed by atoms with van der Waals surface area (Å²) in [6, 6.07) is 0. The van der Waals surface area contributed by atoms with E-state index >= 15 is 0 Å². The van der Waals surface area contributed by atoms with Gasteiger partial charge in [0.1, 0.15) is 0 Å². The van der Waals surface area contributed by atoms with Gasteiger partial charge in [0.05, 0.1) is 9.75 Å². The summed E-state index contributed by atoms with van der Waals surface area (Å²) in [5, 5.41) is -3.00. The summed E-state index contributed by atoms with van der Waals surface area (Å²) in [7, 11) is 0. The van der Waals surface area contributed by atoms with E-state index in [0.29, 0.717) is 0 Å². The van der Waals surface area contributed by atoms with Gasteiger partial charge in [-0.05, 0) is 0 Å². The molecule has 0 bridgehead atoms. The lowest BCUT2D eigenvalue weighted by Crippen LogP contribution is -1.82. The van der Waals surface area contributed by atoms with Crippen molar-refractivity contribution >= 4 is 22.7 Å². The van der Waals surface area contributed by atoms with Crippen molar-refractivity contribution in [3.05, 3.63) is 33.5 Å². The fourth-order valence-electron chi connectivity index (χ4n) is 1.02. The number of rotatable bonds is 1. The van der Waals surface area contributed by atoms with Gasteiger partial charge in [0.15, 0.2) is 11.6 Å². The van der Waals surface area contributed by atoms with Crippen LogP contribution in [0, 0.1) is 33.5 Å². The molecule has 0 saturated heterocycles. The van der Waals surface area contributed by atoms with Crippen LogP contribution in [0.4, 0.5) is 26.3 Å². The van der Waals surface area contributed by atoms with E-state index in [-0.39, 0.29) is 22.7 Å². The summed E-state index contributed by atoms with van der Waals surface area (Å²) in [6.45, 7) is 0. The fraction of sp³-hybridized carbons (Fsp3) is 0. The molecule has 0 unspecified atom stereocenters. The number of thiophene rings is 2. The lowest BCUT2D eigenvalue weighted by molar-refractivity contribution is 0.464. The predicted molar refractivity (Wildman–Crippen MR) is 47.4 cm³/mol. The maximum atomic E-state index is 13.0. The highest BCUT2D eigenvalue weighted by molar-refractivity contribution is 7.20. The van der Waals surface area contributed by atoms with Crippen molar-refractivity contribution < 1.29 is 26.3 Å². The Morgan fingerprint density at radius 2 is 0.812 bits per heavy atom. The maximum absolute atomic E-state index is 13.0. The molecular weight excluding hydrogens is 274 g/mol. The number of hydrogen-bond donors (Lipinski definition) is 0. The third kappa shape index (κ3) is 1.52. The van der Waals surface area contributed by atoms with E-state index in [1.54, 1.807) is 0 Å². The van der Waals surface area contributed by atoms with Gasteiger partial charge in [-0.2, -0.15) is 17.6 Å². The second kappa shape index (κ2) is 3.77. The molecule has 0 nitrogen and oxygen atoms in total. The molecule has 86 valence electrons. The van der Waals surface area contributed by atoms with Crippen LogP contribution in [0.15, 0.2) is 0 Å². The van der Waals surface area contributed by atoms with Crippen molar-refractivity contribution in [2.24, 2.45) is 0 Å². The van der Waals surface area contributed by atoms with E-state index in [1.807, 2.05) is 0 Å². The second-order valence-corrected chi connectivity index (χ2v) is 4.61. The van der Waals surface area contributed by atoms with E-state index < -0.39 is 43.3 Å². The molecule has 0 fully saturated rings. The molecule has 0 atom stereocenters. The van der Waals surface area contributed by atoms with E-state index in [0.717, 1.165) is 0 Å². The zero-order chi connectivity index (χ0) is 12.0. The Hall–Kier alpha value is -1.02. The Morgan fingerprint density at radius 1 is 0.500 bits per heavy atom. The Balaban J connectivity index is 2.68. The molecule has 0 aliphatic rings. The van der Waals surface area contributed by atoms with Crippen LogP contribution in [0.2, 0.25) is 0 Å². The molecule has 0 aliphatic carbocycles. The van der Waals surface area contributed by atoms with Crippen molar-refractivity contribution in [3.63, 3.8) is 0 Å². The molecule has 2 heterocycles. The standard InChI is InChI=1S/C8F6S2/c9-1-3(11)7(13)15-5(1)6-2(10)4(12)8(14)16-6. The van der Waals surface area contributed by atoms with Crippen LogP contribution in [-0.4, -0.2) is 0 Å². The van der Waals surface area contributed by atoms with Crippen LogP contribution in [0.1, 0.15) is 0 Å². The third-order valence-corrected chi connectivity index (χ3v) is 3.74. The summed E-state index contributed by atoms with van der Waals surface area (Å²) in [5.41, 5.74) is 0. The highest BCUT2D eigenvalue weighted by Gasteiger charge is 2.27. The Morgan fingerprint density at radius 3 is 1.00 bits per heavy atom. The lowest BCUT2D eigenvalue weighted by atomic mass is 10.3. The summed E-state index contributed by atoms with van der Waals surface area (Å²) >= 11 is -0.0986. The van der Waals surface area contributed by atoms with Gasteiger partial charge in [0, 0.05) is 0 Å². The van der Waals surface area contributed by atoms with Gasteiger partial charge in [-0.15, -0.1) is 0 Å². The van der Waals surface area contributed by atoms with Crippen LogP contribution >= 0.6 is 22.7 Å². The van der Waals surface area contributed by atoms with E-state index in [1.165, 1.54) is 0 Å². The van der Waals surface area contributed by atoms with Crippen LogP contribution in [0.3, 0.4) is 0 Å². The smallest absolute Gasteiger partial charge is 0.202 e. The first kappa shape index (κ1) is 11.5. The van der Waals surface area contributed by atoms with Crippen LogP contribution in [-0.2, 0) is 0 Å². The fourth-order valence-corrected chi connectivity index (χ4v) is 2.71. The average Bonchev–Trinajstić information content (AvgIpc) is 2.64. The first-order chi connectivity index (χ1) is 7.43. The molecule has 0 amide bonds. The van der Waals surface area contributed by atoms with Gasteiger partial charge in [-0.25, -0.2) is 8.78 Å². The molecule has 8 heteroatoms. The van der Waals surface area contributed by atoms with Crippen molar-refractivity contribution in [2.45, 2.75) is 0 Å². The Labute approximate surface area is 92.8 Å². The van der Waals surface area contributed by atoms with Crippen molar-refractivity contribution in [1.29, 1.82) is 0 Å². The molecule has 2 rings (SSSR count). The topological polar surface area (TPSA) is 0 Å². The van der Waals surface area contributed by atoms with Crippen molar-refractivity contribution in [3.8, 4) is 9.75 Å². The van der Waals surface area contributed by atoms with Gasteiger partial charge in [-0.3, -0.25) is 0 Å². The number of hydrogen-bond acceptors (Lipinski definition) is 2. The van der Waals surface area contributed by atoms with Gasteiger partial charge in [0.2, 0.25) is 21.9 Å². The van der Waals surface area contributed by atoms with Crippen LogP contribution in [0.25, 0.3) is 9.75 Å². The highest BCUT2D eigenvalue weighted by Crippen LogP contribution is 2.40. The molecule has 2 aromatic rings. The molecule has 0 aliphatic heterocycles.